The zero-order valence-corrected chi connectivity index (χ0v) is 12.7. The molecule has 2 N–H and O–H groups in total. The van der Waals surface area contributed by atoms with Crippen molar-refractivity contribution < 1.29 is 14.7 Å². The molecule has 0 aromatic rings. The van der Waals surface area contributed by atoms with Crippen molar-refractivity contribution in [3.05, 3.63) is 0 Å². The van der Waals surface area contributed by atoms with E-state index >= 15 is 0 Å². The second-order valence-electron chi connectivity index (χ2n) is 5.77. The van der Waals surface area contributed by atoms with Crippen molar-refractivity contribution in [3.63, 3.8) is 0 Å². The highest BCUT2D eigenvalue weighted by Gasteiger charge is 2.26. The Bertz CT molecular complexity index is 318. The molecule has 2 amide bonds. The van der Waals surface area contributed by atoms with Gasteiger partial charge in [-0.3, -0.25) is 4.79 Å². The molecule has 0 bridgehead atoms. The fourth-order valence-electron chi connectivity index (χ4n) is 2.83. The van der Waals surface area contributed by atoms with Crippen molar-refractivity contribution in [2.24, 2.45) is 0 Å². The van der Waals surface area contributed by atoms with E-state index in [9.17, 15) is 9.59 Å². The number of nitrogens with one attached hydrogen (secondary N) is 1. The number of carboxylic acid groups (broad SMARTS) is 1. The monoisotopic (exact) mass is 284 g/mol. The summed E-state index contributed by atoms with van der Waals surface area (Å²) in [5.41, 5.74) is 0. The lowest BCUT2D eigenvalue weighted by molar-refractivity contribution is -0.137. The SMILES string of the molecule is CCCC1CCCCN1C(=O)NC(C)CCCC(=O)O. The lowest BCUT2D eigenvalue weighted by atomic mass is 9.98. The molecule has 1 fully saturated rings. The maximum Gasteiger partial charge on any atom is 0.317 e. The van der Waals surface area contributed by atoms with Crippen molar-refractivity contribution >= 4 is 12.0 Å². The summed E-state index contributed by atoms with van der Waals surface area (Å²) < 4.78 is 0. The standard InChI is InChI=1S/C15H28N2O3/c1-3-7-13-9-4-5-11-17(13)15(20)16-12(2)8-6-10-14(18)19/h12-13H,3-11H2,1-2H3,(H,16,20)(H,18,19). The number of rotatable bonds is 7. The first-order valence-corrected chi connectivity index (χ1v) is 7.83. The van der Waals surface area contributed by atoms with Crippen LogP contribution in [0, 0.1) is 0 Å². The summed E-state index contributed by atoms with van der Waals surface area (Å²) in [6, 6.07) is 0.428. The lowest BCUT2D eigenvalue weighted by Gasteiger charge is -2.36. The van der Waals surface area contributed by atoms with Crippen molar-refractivity contribution in [2.75, 3.05) is 6.54 Å². The smallest absolute Gasteiger partial charge is 0.317 e. The molecule has 1 aliphatic rings. The number of amides is 2. The molecule has 0 spiro atoms. The number of likely N-dealkylation sites (tertiary alicyclic amines) is 1. The number of nitrogens with zero attached hydrogens (tertiary/aromatic N) is 1. The predicted molar refractivity (Wildman–Crippen MR) is 78.7 cm³/mol. The van der Waals surface area contributed by atoms with Gasteiger partial charge >= 0.3 is 12.0 Å². The van der Waals surface area contributed by atoms with Gasteiger partial charge in [-0.2, -0.15) is 0 Å². The fraction of sp³-hybridized carbons (Fsp3) is 0.867. The summed E-state index contributed by atoms with van der Waals surface area (Å²) in [6.07, 6.45) is 7.06. The molecule has 5 nitrogen and oxygen atoms in total. The Balaban J connectivity index is 2.37. The first-order chi connectivity index (χ1) is 9.54. The van der Waals surface area contributed by atoms with Gasteiger partial charge in [0.05, 0.1) is 0 Å². The Kier molecular flexibility index (Phi) is 7.41. The van der Waals surface area contributed by atoms with Crippen LogP contribution in [0.2, 0.25) is 0 Å². The second-order valence-corrected chi connectivity index (χ2v) is 5.77. The third-order valence-corrected chi connectivity index (χ3v) is 3.91. The molecule has 2 atom stereocenters. The van der Waals surface area contributed by atoms with E-state index in [0.717, 1.165) is 32.2 Å². The number of carbonyl (C=O) groups is 2. The predicted octanol–water partition coefficient (Wildman–Crippen LogP) is 2.99. The summed E-state index contributed by atoms with van der Waals surface area (Å²) in [5, 5.41) is 11.6. The van der Waals surface area contributed by atoms with Gasteiger partial charge in [-0.15, -0.1) is 0 Å². The molecule has 20 heavy (non-hydrogen) atoms. The molecule has 116 valence electrons. The summed E-state index contributed by atoms with van der Waals surface area (Å²) in [7, 11) is 0. The molecule has 5 heteroatoms. The Morgan fingerprint density at radius 1 is 1.40 bits per heavy atom. The quantitative estimate of drug-likeness (QED) is 0.755. The van der Waals surface area contributed by atoms with Gasteiger partial charge in [-0.25, -0.2) is 4.79 Å². The zero-order chi connectivity index (χ0) is 15.0. The van der Waals surface area contributed by atoms with Gasteiger partial charge < -0.3 is 15.3 Å². The molecular weight excluding hydrogens is 256 g/mol. The molecular formula is C15H28N2O3. The number of piperidine rings is 1. The second kappa shape index (κ2) is 8.82. The summed E-state index contributed by atoms with van der Waals surface area (Å²) in [4.78, 5) is 24.7. The molecule has 2 unspecified atom stereocenters. The number of hydrogen-bond donors (Lipinski definition) is 2. The maximum absolute atomic E-state index is 12.3. The van der Waals surface area contributed by atoms with E-state index in [1.807, 2.05) is 11.8 Å². The fourth-order valence-corrected chi connectivity index (χ4v) is 2.83. The highest BCUT2D eigenvalue weighted by atomic mass is 16.4. The van der Waals surface area contributed by atoms with Crippen LogP contribution in [0.5, 0.6) is 0 Å². The number of carbonyl (C=O) groups excluding carboxylic acids is 1. The van der Waals surface area contributed by atoms with Crippen LogP contribution in [-0.2, 0) is 4.79 Å². The van der Waals surface area contributed by atoms with E-state index in [2.05, 4.69) is 12.2 Å². The average Bonchev–Trinajstić information content (AvgIpc) is 2.39. The van der Waals surface area contributed by atoms with Crippen LogP contribution in [0.15, 0.2) is 0 Å². The van der Waals surface area contributed by atoms with Gasteiger partial charge in [0, 0.05) is 25.0 Å². The minimum atomic E-state index is -0.775. The Morgan fingerprint density at radius 2 is 2.15 bits per heavy atom. The molecule has 0 aromatic carbocycles. The van der Waals surface area contributed by atoms with Crippen molar-refractivity contribution in [2.45, 2.75) is 77.3 Å². The van der Waals surface area contributed by atoms with Gasteiger partial charge in [0.1, 0.15) is 0 Å². The third-order valence-electron chi connectivity index (χ3n) is 3.91. The van der Waals surface area contributed by atoms with E-state index in [1.165, 1.54) is 6.42 Å². The topological polar surface area (TPSA) is 69.6 Å². The van der Waals surface area contributed by atoms with Gasteiger partial charge in [0.15, 0.2) is 0 Å². The minimum absolute atomic E-state index is 0.0194. The molecule has 0 aliphatic carbocycles. The first kappa shape index (κ1) is 16.8. The third kappa shape index (κ3) is 5.80. The number of urea groups is 1. The van der Waals surface area contributed by atoms with Gasteiger partial charge in [-0.1, -0.05) is 13.3 Å². The molecule has 1 rings (SSSR count). The molecule has 1 heterocycles. The van der Waals surface area contributed by atoms with E-state index in [0.29, 0.717) is 18.9 Å². The van der Waals surface area contributed by atoms with E-state index in [4.69, 9.17) is 5.11 Å². The van der Waals surface area contributed by atoms with Crippen LogP contribution in [0.4, 0.5) is 4.79 Å². The number of aliphatic carboxylic acids is 1. The maximum atomic E-state index is 12.3. The summed E-state index contributed by atoms with van der Waals surface area (Å²) in [5.74, 6) is -0.775. The van der Waals surface area contributed by atoms with Crippen molar-refractivity contribution in [1.29, 1.82) is 0 Å². The minimum Gasteiger partial charge on any atom is -0.481 e. The van der Waals surface area contributed by atoms with Gasteiger partial charge in [0.25, 0.3) is 0 Å². The Morgan fingerprint density at radius 3 is 2.80 bits per heavy atom. The zero-order valence-electron chi connectivity index (χ0n) is 12.7. The molecule has 1 saturated heterocycles. The lowest BCUT2D eigenvalue weighted by Crippen LogP contribution is -2.50. The largest absolute Gasteiger partial charge is 0.481 e. The molecule has 0 aromatic heterocycles. The summed E-state index contributed by atoms with van der Waals surface area (Å²) in [6.45, 7) is 4.94. The van der Waals surface area contributed by atoms with E-state index in [1.54, 1.807) is 0 Å². The first-order valence-electron chi connectivity index (χ1n) is 7.83. The highest BCUT2D eigenvalue weighted by Crippen LogP contribution is 2.21. The van der Waals surface area contributed by atoms with Crippen LogP contribution in [-0.4, -0.2) is 40.6 Å². The van der Waals surface area contributed by atoms with Crippen LogP contribution in [0.3, 0.4) is 0 Å². The van der Waals surface area contributed by atoms with E-state index < -0.39 is 5.97 Å². The van der Waals surface area contributed by atoms with Crippen LogP contribution in [0.25, 0.3) is 0 Å². The van der Waals surface area contributed by atoms with Crippen molar-refractivity contribution in [1.82, 2.24) is 10.2 Å². The normalized spacial score (nSPS) is 20.5. The number of carboxylic acids is 1. The van der Waals surface area contributed by atoms with Gasteiger partial charge in [-0.05, 0) is 45.4 Å². The number of hydrogen-bond acceptors (Lipinski definition) is 2. The average molecular weight is 284 g/mol. The molecule has 0 radical (unpaired) electrons. The Labute approximate surface area is 121 Å². The highest BCUT2D eigenvalue weighted by molar-refractivity contribution is 5.75. The van der Waals surface area contributed by atoms with Crippen LogP contribution in [0.1, 0.15) is 65.2 Å². The van der Waals surface area contributed by atoms with Crippen molar-refractivity contribution in [3.8, 4) is 0 Å². The molecule has 1 aliphatic heterocycles. The van der Waals surface area contributed by atoms with Crippen LogP contribution < -0.4 is 5.32 Å². The van der Waals surface area contributed by atoms with Crippen LogP contribution >= 0.6 is 0 Å². The Hall–Kier alpha value is -1.26. The van der Waals surface area contributed by atoms with Gasteiger partial charge in [0.2, 0.25) is 0 Å². The summed E-state index contributed by atoms with van der Waals surface area (Å²) >= 11 is 0. The molecule has 0 saturated carbocycles. The van der Waals surface area contributed by atoms with E-state index in [-0.39, 0.29) is 18.5 Å².